The van der Waals surface area contributed by atoms with Crippen molar-refractivity contribution in [1.82, 2.24) is 0 Å². The van der Waals surface area contributed by atoms with Crippen molar-refractivity contribution < 1.29 is 23.1 Å². The third-order valence-electron chi connectivity index (χ3n) is 3.50. The third kappa shape index (κ3) is 4.24. The number of carbonyl (C=O) groups excluding carboxylic acids is 2. The number of sulfone groups is 1. The van der Waals surface area contributed by atoms with Gasteiger partial charge in [-0.25, -0.2) is 8.42 Å². The number of carbonyl (C=O) groups is 2. The molecule has 0 radical (unpaired) electrons. The van der Waals surface area contributed by atoms with Gasteiger partial charge in [0.05, 0.1) is 10.5 Å². The van der Waals surface area contributed by atoms with Crippen LogP contribution in [0.15, 0.2) is 39.4 Å². The average Bonchev–Trinajstić information content (AvgIpc) is 2.99. The van der Waals surface area contributed by atoms with E-state index >= 15 is 0 Å². The summed E-state index contributed by atoms with van der Waals surface area (Å²) in [5, 5.41) is 12.5. The Balaban J connectivity index is 2.44. The highest BCUT2D eigenvalue weighted by molar-refractivity contribution is 7.93. The zero-order chi connectivity index (χ0) is 19.6. The van der Waals surface area contributed by atoms with E-state index in [9.17, 15) is 23.1 Å². The van der Waals surface area contributed by atoms with E-state index in [-0.39, 0.29) is 25.6 Å². The summed E-state index contributed by atoms with van der Waals surface area (Å²) >= 11 is 6.45. The van der Waals surface area contributed by atoms with Crippen LogP contribution in [-0.2, 0) is 14.6 Å². The minimum absolute atomic E-state index is 0.0146. The molecule has 0 saturated heterocycles. The van der Waals surface area contributed by atoms with Gasteiger partial charge in [-0.05, 0) is 36.2 Å². The van der Waals surface area contributed by atoms with Crippen molar-refractivity contribution in [2.45, 2.75) is 29.1 Å². The van der Waals surface area contributed by atoms with Crippen molar-refractivity contribution in [3.8, 4) is 0 Å². The van der Waals surface area contributed by atoms with Crippen LogP contribution in [0.5, 0.6) is 0 Å². The van der Waals surface area contributed by atoms with E-state index in [4.69, 9.17) is 17.3 Å². The first-order valence-corrected chi connectivity index (χ1v) is 10.1. The number of aliphatic hydroxyl groups is 1. The van der Waals surface area contributed by atoms with E-state index in [1.165, 1.54) is 24.3 Å². The van der Waals surface area contributed by atoms with Crippen molar-refractivity contribution in [2.24, 2.45) is 11.7 Å². The smallest absolute Gasteiger partial charge is 0.254 e. The summed E-state index contributed by atoms with van der Waals surface area (Å²) < 4.78 is 25.3. The molecule has 1 aromatic heterocycles. The molecular formula is C16H17ClN2O5S2. The molecule has 2 aromatic rings. The number of nitrogens with two attached hydrogens (primary N) is 1. The molecule has 0 saturated carbocycles. The summed E-state index contributed by atoms with van der Waals surface area (Å²) in [7, 11) is -3.93. The number of halogens is 1. The Hall–Kier alpha value is -1.94. The van der Waals surface area contributed by atoms with E-state index in [0.29, 0.717) is 16.4 Å². The minimum Gasteiger partial charge on any atom is -0.383 e. The van der Waals surface area contributed by atoms with Gasteiger partial charge >= 0.3 is 0 Å². The Kier molecular flexibility index (Phi) is 6.07. The number of amides is 2. The Labute approximate surface area is 159 Å². The molecule has 1 atom stereocenters. The predicted octanol–water partition coefficient (Wildman–Crippen LogP) is 2.29. The summed E-state index contributed by atoms with van der Waals surface area (Å²) in [6.45, 7) is 3.29. The topological polar surface area (TPSA) is 127 Å². The van der Waals surface area contributed by atoms with Crippen LogP contribution in [-0.4, -0.2) is 31.4 Å². The second-order valence-electron chi connectivity index (χ2n) is 5.81. The molecule has 1 heterocycles. The van der Waals surface area contributed by atoms with Gasteiger partial charge < -0.3 is 16.2 Å². The molecule has 0 aliphatic rings. The van der Waals surface area contributed by atoms with Crippen LogP contribution in [0.2, 0.25) is 5.02 Å². The highest BCUT2D eigenvalue weighted by Gasteiger charge is 2.27. The third-order valence-corrected chi connectivity index (χ3v) is 7.05. The molecule has 0 aliphatic carbocycles. The number of anilines is 1. The summed E-state index contributed by atoms with van der Waals surface area (Å²) in [5.41, 5.74) is 5.14. The molecule has 0 fully saturated rings. The highest BCUT2D eigenvalue weighted by atomic mass is 35.5. The number of thiophene rings is 1. The molecule has 0 bridgehead atoms. The Morgan fingerprint density at radius 3 is 2.31 bits per heavy atom. The fraction of sp³-hybridized carbons (Fsp3) is 0.250. The molecule has 0 aliphatic heterocycles. The maximum absolute atomic E-state index is 12.7. The summed E-state index contributed by atoms with van der Waals surface area (Å²) in [6, 6.07) is 6.63. The zero-order valence-electron chi connectivity index (χ0n) is 13.9. The molecule has 0 unspecified atom stereocenters. The molecule has 10 heteroatoms. The molecule has 2 amide bonds. The molecule has 140 valence electrons. The van der Waals surface area contributed by atoms with E-state index < -0.39 is 27.8 Å². The van der Waals surface area contributed by atoms with Gasteiger partial charge in [0.1, 0.15) is 15.3 Å². The van der Waals surface area contributed by atoms with Crippen LogP contribution in [0.4, 0.5) is 5.00 Å². The lowest BCUT2D eigenvalue weighted by Gasteiger charge is -2.13. The Morgan fingerprint density at radius 2 is 1.81 bits per heavy atom. The summed E-state index contributed by atoms with van der Waals surface area (Å²) in [4.78, 5) is 23.6. The van der Waals surface area contributed by atoms with E-state index in [1.807, 2.05) is 0 Å². The van der Waals surface area contributed by atoms with Crippen molar-refractivity contribution in [1.29, 1.82) is 0 Å². The molecule has 0 spiro atoms. The van der Waals surface area contributed by atoms with Gasteiger partial charge in [-0.1, -0.05) is 25.4 Å². The quantitative estimate of drug-likeness (QED) is 0.665. The second-order valence-corrected chi connectivity index (χ2v) is 9.47. The van der Waals surface area contributed by atoms with E-state index in [1.54, 1.807) is 13.8 Å². The van der Waals surface area contributed by atoms with Crippen LogP contribution in [0.25, 0.3) is 0 Å². The van der Waals surface area contributed by atoms with Crippen LogP contribution >= 0.6 is 22.9 Å². The van der Waals surface area contributed by atoms with Crippen LogP contribution in [0.3, 0.4) is 0 Å². The number of benzene rings is 1. The van der Waals surface area contributed by atoms with Gasteiger partial charge in [-0.15, -0.1) is 11.3 Å². The molecule has 1 aromatic carbocycles. The van der Waals surface area contributed by atoms with E-state index in [2.05, 4.69) is 5.32 Å². The number of nitrogens with one attached hydrogen (secondary N) is 1. The molecule has 2 rings (SSSR count). The molecule has 4 N–H and O–H groups in total. The Morgan fingerprint density at radius 1 is 1.23 bits per heavy atom. The predicted molar refractivity (Wildman–Crippen MR) is 99.2 cm³/mol. The number of hydrogen-bond acceptors (Lipinski definition) is 6. The van der Waals surface area contributed by atoms with Crippen LogP contribution < -0.4 is 11.1 Å². The largest absolute Gasteiger partial charge is 0.383 e. The first-order chi connectivity index (χ1) is 12.0. The normalized spacial score (nSPS) is 12.8. The van der Waals surface area contributed by atoms with Crippen molar-refractivity contribution >= 4 is 49.6 Å². The van der Waals surface area contributed by atoms with Gasteiger partial charge in [0.25, 0.3) is 11.8 Å². The highest BCUT2D eigenvalue weighted by Crippen LogP contribution is 2.35. The van der Waals surface area contributed by atoms with Crippen molar-refractivity contribution in [3.63, 3.8) is 0 Å². The monoisotopic (exact) mass is 416 g/mol. The van der Waals surface area contributed by atoms with Crippen LogP contribution in [0, 0.1) is 5.92 Å². The fourth-order valence-corrected chi connectivity index (χ4v) is 4.90. The number of primary amides is 1. The molecule has 26 heavy (non-hydrogen) atoms. The van der Waals surface area contributed by atoms with Crippen LogP contribution in [0.1, 0.15) is 24.2 Å². The number of rotatable bonds is 6. The molecular weight excluding hydrogens is 400 g/mol. The maximum Gasteiger partial charge on any atom is 0.254 e. The Bertz CT molecular complexity index is 936. The average molecular weight is 417 g/mol. The van der Waals surface area contributed by atoms with Gasteiger partial charge in [0, 0.05) is 5.02 Å². The fourth-order valence-electron chi connectivity index (χ4n) is 2.00. The van der Waals surface area contributed by atoms with Gasteiger partial charge in [0.15, 0.2) is 0 Å². The SMILES string of the molecule is CC(C)[C@H](O)C(=O)Nc1sc(S(=O)(=O)c2ccc(Cl)cc2)cc1C(N)=O. The van der Waals surface area contributed by atoms with Gasteiger partial charge in [0.2, 0.25) is 9.84 Å². The second kappa shape index (κ2) is 7.75. The van der Waals surface area contributed by atoms with Crippen molar-refractivity contribution in [2.75, 3.05) is 5.32 Å². The number of hydrogen-bond donors (Lipinski definition) is 3. The van der Waals surface area contributed by atoms with Crippen molar-refractivity contribution in [3.05, 3.63) is 40.9 Å². The molecule has 7 nitrogen and oxygen atoms in total. The minimum atomic E-state index is -3.93. The lowest BCUT2D eigenvalue weighted by atomic mass is 10.1. The first kappa shape index (κ1) is 20.4. The first-order valence-electron chi connectivity index (χ1n) is 7.47. The van der Waals surface area contributed by atoms with Gasteiger partial charge in [-0.3, -0.25) is 9.59 Å². The standard InChI is InChI=1S/C16H17ClN2O5S2/c1-8(2)13(20)15(22)19-16-11(14(18)21)7-12(25-16)26(23,24)10-5-3-9(17)4-6-10/h3-8,13,20H,1-2H3,(H2,18,21)(H,19,22)/t13-/m0/s1. The lowest BCUT2D eigenvalue weighted by Crippen LogP contribution is -2.32. The summed E-state index contributed by atoms with van der Waals surface area (Å²) in [6.07, 6.45) is -1.31. The van der Waals surface area contributed by atoms with E-state index in [0.717, 1.165) is 6.07 Å². The lowest BCUT2D eigenvalue weighted by molar-refractivity contribution is -0.125. The van der Waals surface area contributed by atoms with Gasteiger partial charge in [-0.2, -0.15) is 0 Å². The maximum atomic E-state index is 12.7. The summed E-state index contributed by atoms with van der Waals surface area (Å²) in [5.74, 6) is -2.00. The zero-order valence-corrected chi connectivity index (χ0v) is 16.3. The number of aliphatic hydroxyl groups excluding tert-OH is 1.